The van der Waals surface area contributed by atoms with Gasteiger partial charge in [0.25, 0.3) is 0 Å². The zero-order chi connectivity index (χ0) is 9.56. The molecule has 0 bridgehead atoms. The summed E-state index contributed by atoms with van der Waals surface area (Å²) >= 11 is 0. The molecule has 0 aromatic carbocycles. The second-order valence-corrected chi connectivity index (χ2v) is 4.50. The van der Waals surface area contributed by atoms with Crippen molar-refractivity contribution < 1.29 is 0 Å². The Morgan fingerprint density at radius 2 is 2.00 bits per heavy atom. The standard InChI is InChI=1S/C10H22NP/c1-4-10(12)9(8(2)3)6-5-7-11/h5,7-10H,4,6,11-12H2,1-3H3/b7-5-. The third kappa shape index (κ3) is 4.11. The van der Waals surface area contributed by atoms with Crippen LogP contribution in [0.2, 0.25) is 0 Å². The first-order valence-corrected chi connectivity index (χ1v) is 5.42. The zero-order valence-corrected chi connectivity index (χ0v) is 9.61. The smallest absolute Gasteiger partial charge is 0.0103 e. The maximum atomic E-state index is 5.33. The van der Waals surface area contributed by atoms with Crippen LogP contribution in [0, 0.1) is 11.8 Å². The molecule has 0 aliphatic heterocycles. The molecule has 0 rings (SSSR count). The van der Waals surface area contributed by atoms with Crippen LogP contribution in [0.4, 0.5) is 0 Å². The van der Waals surface area contributed by atoms with Crippen molar-refractivity contribution >= 4 is 9.24 Å². The van der Waals surface area contributed by atoms with E-state index in [1.165, 1.54) is 6.42 Å². The fourth-order valence-corrected chi connectivity index (χ4v) is 2.08. The van der Waals surface area contributed by atoms with Crippen LogP contribution >= 0.6 is 9.24 Å². The number of rotatable bonds is 5. The van der Waals surface area contributed by atoms with Crippen LogP contribution < -0.4 is 5.73 Å². The Morgan fingerprint density at radius 1 is 1.42 bits per heavy atom. The second-order valence-electron chi connectivity index (χ2n) is 3.64. The van der Waals surface area contributed by atoms with E-state index in [0.29, 0.717) is 0 Å². The van der Waals surface area contributed by atoms with Crippen LogP contribution in [0.3, 0.4) is 0 Å². The summed E-state index contributed by atoms with van der Waals surface area (Å²) in [5, 5.41) is 0. The van der Waals surface area contributed by atoms with E-state index < -0.39 is 0 Å². The normalized spacial score (nSPS) is 17.1. The Kier molecular flexibility index (Phi) is 6.47. The first-order chi connectivity index (χ1) is 5.63. The molecule has 3 unspecified atom stereocenters. The summed E-state index contributed by atoms with van der Waals surface area (Å²) in [6, 6.07) is 0. The third-order valence-corrected chi connectivity index (χ3v) is 3.39. The lowest BCUT2D eigenvalue weighted by molar-refractivity contribution is 0.370. The quantitative estimate of drug-likeness (QED) is 0.658. The highest BCUT2D eigenvalue weighted by molar-refractivity contribution is 7.17. The highest BCUT2D eigenvalue weighted by atomic mass is 31.0. The van der Waals surface area contributed by atoms with Crippen molar-refractivity contribution in [2.24, 2.45) is 17.6 Å². The van der Waals surface area contributed by atoms with Gasteiger partial charge in [-0.15, -0.1) is 9.24 Å². The predicted molar refractivity (Wildman–Crippen MR) is 60.1 cm³/mol. The summed E-state index contributed by atoms with van der Waals surface area (Å²) in [7, 11) is 2.94. The Bertz CT molecular complexity index is 132. The first kappa shape index (κ1) is 12.0. The predicted octanol–water partition coefficient (Wildman–Crippen LogP) is 2.77. The largest absolute Gasteiger partial charge is 0.405 e. The highest BCUT2D eigenvalue weighted by Gasteiger charge is 2.17. The molecule has 72 valence electrons. The van der Waals surface area contributed by atoms with Crippen molar-refractivity contribution in [3.8, 4) is 0 Å². The first-order valence-electron chi connectivity index (χ1n) is 4.75. The van der Waals surface area contributed by atoms with Gasteiger partial charge < -0.3 is 5.73 Å². The maximum absolute atomic E-state index is 5.33. The molecule has 0 saturated heterocycles. The Labute approximate surface area is 79.0 Å². The minimum atomic E-state index is 0.723. The van der Waals surface area contributed by atoms with E-state index in [1.807, 2.05) is 0 Å². The Hall–Kier alpha value is -0.0300. The average Bonchev–Trinajstić information content (AvgIpc) is 2.04. The molecule has 0 aromatic heterocycles. The highest BCUT2D eigenvalue weighted by Crippen LogP contribution is 2.27. The molecular formula is C10H22NP. The average molecular weight is 187 g/mol. The van der Waals surface area contributed by atoms with E-state index in [9.17, 15) is 0 Å². The monoisotopic (exact) mass is 187 g/mol. The molecule has 0 fully saturated rings. The molecular weight excluding hydrogens is 165 g/mol. The fourth-order valence-electron chi connectivity index (χ4n) is 1.48. The molecule has 0 spiro atoms. The van der Waals surface area contributed by atoms with Gasteiger partial charge in [0.1, 0.15) is 0 Å². The Balaban J connectivity index is 4.03. The second kappa shape index (κ2) is 6.48. The van der Waals surface area contributed by atoms with E-state index >= 15 is 0 Å². The van der Waals surface area contributed by atoms with Gasteiger partial charge in [-0.25, -0.2) is 0 Å². The maximum Gasteiger partial charge on any atom is -0.0103 e. The molecule has 0 radical (unpaired) electrons. The van der Waals surface area contributed by atoms with Crippen molar-refractivity contribution in [2.45, 2.75) is 39.3 Å². The van der Waals surface area contributed by atoms with Crippen LogP contribution in [0.1, 0.15) is 33.6 Å². The third-order valence-electron chi connectivity index (χ3n) is 2.42. The minimum Gasteiger partial charge on any atom is -0.405 e. The molecule has 0 saturated carbocycles. The summed E-state index contributed by atoms with van der Waals surface area (Å²) in [5.41, 5.74) is 6.05. The molecule has 2 heteroatoms. The Morgan fingerprint density at radius 3 is 2.33 bits per heavy atom. The summed E-state index contributed by atoms with van der Waals surface area (Å²) in [6.07, 6.45) is 6.06. The molecule has 1 nitrogen and oxygen atoms in total. The van der Waals surface area contributed by atoms with Crippen LogP contribution in [0.15, 0.2) is 12.3 Å². The van der Waals surface area contributed by atoms with E-state index in [1.54, 1.807) is 6.20 Å². The van der Waals surface area contributed by atoms with Gasteiger partial charge in [0.15, 0.2) is 0 Å². The minimum absolute atomic E-state index is 0.723. The van der Waals surface area contributed by atoms with Crippen LogP contribution in [-0.2, 0) is 0 Å². The molecule has 0 amide bonds. The summed E-state index contributed by atoms with van der Waals surface area (Å²) in [6.45, 7) is 6.79. The van der Waals surface area contributed by atoms with Gasteiger partial charge in [-0.05, 0) is 36.5 Å². The molecule has 0 aliphatic carbocycles. The van der Waals surface area contributed by atoms with Gasteiger partial charge in [0, 0.05) is 0 Å². The van der Waals surface area contributed by atoms with Crippen molar-refractivity contribution in [1.82, 2.24) is 0 Å². The van der Waals surface area contributed by atoms with Gasteiger partial charge in [-0.2, -0.15) is 0 Å². The van der Waals surface area contributed by atoms with Crippen molar-refractivity contribution in [1.29, 1.82) is 0 Å². The SMILES string of the molecule is CCC(P)C(C/C=C\N)C(C)C. The summed E-state index contributed by atoms with van der Waals surface area (Å²) in [4.78, 5) is 0. The van der Waals surface area contributed by atoms with E-state index in [0.717, 1.165) is 23.9 Å². The van der Waals surface area contributed by atoms with Gasteiger partial charge in [0.2, 0.25) is 0 Å². The molecule has 2 N–H and O–H groups in total. The molecule has 12 heavy (non-hydrogen) atoms. The number of nitrogens with two attached hydrogens (primary N) is 1. The lowest BCUT2D eigenvalue weighted by Gasteiger charge is -2.25. The van der Waals surface area contributed by atoms with Gasteiger partial charge in [0.05, 0.1) is 0 Å². The van der Waals surface area contributed by atoms with E-state index in [-0.39, 0.29) is 0 Å². The van der Waals surface area contributed by atoms with Crippen LogP contribution in [0.25, 0.3) is 0 Å². The number of hydrogen-bond acceptors (Lipinski definition) is 1. The molecule has 0 heterocycles. The van der Waals surface area contributed by atoms with Crippen molar-refractivity contribution in [3.05, 3.63) is 12.3 Å². The van der Waals surface area contributed by atoms with E-state index in [4.69, 9.17) is 5.73 Å². The zero-order valence-electron chi connectivity index (χ0n) is 8.46. The molecule has 0 aliphatic rings. The van der Waals surface area contributed by atoms with Gasteiger partial charge in [-0.3, -0.25) is 0 Å². The van der Waals surface area contributed by atoms with Crippen LogP contribution in [-0.4, -0.2) is 5.66 Å². The van der Waals surface area contributed by atoms with Gasteiger partial charge in [-0.1, -0.05) is 26.8 Å². The fraction of sp³-hybridized carbons (Fsp3) is 0.800. The van der Waals surface area contributed by atoms with Crippen molar-refractivity contribution in [3.63, 3.8) is 0 Å². The molecule has 0 aromatic rings. The topological polar surface area (TPSA) is 26.0 Å². The number of hydrogen-bond donors (Lipinski definition) is 1. The lowest BCUT2D eigenvalue weighted by atomic mass is 9.88. The number of allylic oxidation sites excluding steroid dienone is 1. The van der Waals surface area contributed by atoms with Crippen molar-refractivity contribution in [2.75, 3.05) is 0 Å². The van der Waals surface area contributed by atoms with Crippen LogP contribution in [0.5, 0.6) is 0 Å². The summed E-state index contributed by atoms with van der Waals surface area (Å²) < 4.78 is 0. The van der Waals surface area contributed by atoms with Gasteiger partial charge >= 0.3 is 0 Å². The lowest BCUT2D eigenvalue weighted by Crippen LogP contribution is -2.19. The summed E-state index contributed by atoms with van der Waals surface area (Å²) in [5.74, 6) is 1.49. The molecule has 3 atom stereocenters. The van der Waals surface area contributed by atoms with E-state index in [2.05, 4.69) is 36.1 Å².